The van der Waals surface area contributed by atoms with Crippen LogP contribution >= 0.6 is 0 Å². The molecule has 0 aliphatic heterocycles. The molecule has 4 aromatic rings. The van der Waals surface area contributed by atoms with Crippen LogP contribution in [0.1, 0.15) is 11.4 Å². The largest absolute Gasteiger partial charge is 0.332 e. The average molecular weight is 453 g/mol. The fraction of sp³-hybridized carbons (Fsp3) is 0.0769. The Labute approximate surface area is 197 Å². The molecule has 8 heteroatoms. The number of hydrogen-bond acceptors (Lipinski definition) is 4. The van der Waals surface area contributed by atoms with Crippen LogP contribution in [-0.4, -0.2) is 22.0 Å². The molecule has 0 aliphatic carbocycles. The van der Waals surface area contributed by atoms with Crippen LogP contribution in [0.5, 0.6) is 0 Å². The lowest BCUT2D eigenvalue weighted by Gasteiger charge is -2.10. The fourth-order valence-electron chi connectivity index (χ4n) is 3.19. The average Bonchev–Trinajstić information content (AvgIpc) is 2.88. The number of nitrogens with one attached hydrogen (secondary N) is 4. The summed E-state index contributed by atoms with van der Waals surface area (Å²) in [6, 6.07) is 25.6. The van der Waals surface area contributed by atoms with Gasteiger partial charge in [0.15, 0.2) is 0 Å². The predicted molar refractivity (Wildman–Crippen MR) is 132 cm³/mol. The summed E-state index contributed by atoms with van der Waals surface area (Å²) in [5.74, 6) is 0. The zero-order valence-corrected chi connectivity index (χ0v) is 18.4. The highest BCUT2D eigenvalue weighted by atomic mass is 16.2. The number of carbonyl (C=O) groups is 2. The van der Waals surface area contributed by atoms with Crippen molar-refractivity contribution in [1.29, 1.82) is 0 Å². The molecule has 34 heavy (non-hydrogen) atoms. The lowest BCUT2D eigenvalue weighted by Crippen LogP contribution is -2.28. The van der Waals surface area contributed by atoms with E-state index in [9.17, 15) is 9.59 Å². The zero-order valence-electron chi connectivity index (χ0n) is 18.4. The molecule has 4 rings (SSSR count). The second kappa shape index (κ2) is 11.2. The number of carbonyl (C=O) groups excluding carboxylic acids is 2. The van der Waals surface area contributed by atoms with Gasteiger partial charge in [0.2, 0.25) is 0 Å². The molecule has 0 atom stereocenters. The number of aromatic nitrogens is 2. The van der Waals surface area contributed by atoms with Crippen molar-refractivity contribution in [2.45, 2.75) is 13.1 Å². The monoisotopic (exact) mass is 452 g/mol. The molecule has 8 nitrogen and oxygen atoms in total. The standard InChI is InChI=1S/C26H24N6O2/c33-25(29-17-23-5-1-3-15-27-23)31-21-11-7-19(8-12-21)20-9-13-22(14-10-20)32-26(34)30-18-24-6-2-4-16-28-24/h1-16H,17-18H2,(H2,29,31,33)(H2,30,32,34). The second-order valence-electron chi connectivity index (χ2n) is 7.41. The van der Waals surface area contributed by atoms with Crippen molar-refractivity contribution in [2.24, 2.45) is 0 Å². The highest BCUT2D eigenvalue weighted by Gasteiger charge is 2.05. The van der Waals surface area contributed by atoms with Crippen molar-refractivity contribution in [1.82, 2.24) is 20.6 Å². The molecule has 0 bridgehead atoms. The van der Waals surface area contributed by atoms with Gasteiger partial charge in [0.25, 0.3) is 0 Å². The van der Waals surface area contributed by atoms with E-state index in [1.807, 2.05) is 84.9 Å². The van der Waals surface area contributed by atoms with Gasteiger partial charge in [-0.2, -0.15) is 0 Å². The smallest absolute Gasteiger partial charge is 0.319 e. The summed E-state index contributed by atoms with van der Waals surface area (Å²) in [6.45, 7) is 0.707. The summed E-state index contributed by atoms with van der Waals surface area (Å²) in [5.41, 5.74) is 4.93. The minimum absolute atomic E-state index is 0.296. The maximum absolute atomic E-state index is 12.1. The third-order valence-electron chi connectivity index (χ3n) is 4.93. The molecule has 2 aromatic heterocycles. The Hall–Kier alpha value is -4.72. The van der Waals surface area contributed by atoms with E-state index in [1.165, 1.54) is 0 Å². The molecule has 0 radical (unpaired) electrons. The quantitative estimate of drug-likeness (QED) is 0.323. The minimum atomic E-state index is -0.296. The summed E-state index contributed by atoms with van der Waals surface area (Å²) in [7, 11) is 0. The van der Waals surface area contributed by atoms with E-state index in [0.717, 1.165) is 22.5 Å². The van der Waals surface area contributed by atoms with E-state index in [0.29, 0.717) is 24.5 Å². The number of pyridine rings is 2. The van der Waals surface area contributed by atoms with E-state index in [4.69, 9.17) is 0 Å². The Bertz CT molecular complexity index is 1110. The van der Waals surface area contributed by atoms with Gasteiger partial charge in [0.1, 0.15) is 0 Å². The SMILES string of the molecule is O=C(NCc1ccccn1)Nc1ccc(-c2ccc(NC(=O)NCc3ccccn3)cc2)cc1. The molecule has 2 heterocycles. The highest BCUT2D eigenvalue weighted by Crippen LogP contribution is 2.23. The van der Waals surface area contributed by atoms with Crippen LogP contribution in [0.2, 0.25) is 0 Å². The topological polar surface area (TPSA) is 108 Å². The third kappa shape index (κ3) is 6.64. The second-order valence-corrected chi connectivity index (χ2v) is 7.41. The molecule has 0 fully saturated rings. The van der Waals surface area contributed by atoms with Gasteiger partial charge >= 0.3 is 12.1 Å². The van der Waals surface area contributed by atoms with Gasteiger partial charge < -0.3 is 21.3 Å². The molecule has 4 amide bonds. The van der Waals surface area contributed by atoms with E-state index in [1.54, 1.807) is 12.4 Å². The van der Waals surface area contributed by atoms with Crippen molar-refractivity contribution in [3.8, 4) is 11.1 Å². The Balaban J connectivity index is 1.26. The molecular formula is C26H24N6O2. The molecule has 0 saturated carbocycles. The van der Waals surface area contributed by atoms with E-state index < -0.39 is 0 Å². The number of benzene rings is 2. The first kappa shape index (κ1) is 22.5. The summed E-state index contributed by atoms with van der Waals surface area (Å²) in [4.78, 5) is 32.6. The van der Waals surface area contributed by atoms with Crippen molar-refractivity contribution in [2.75, 3.05) is 10.6 Å². The third-order valence-corrected chi connectivity index (χ3v) is 4.93. The lowest BCUT2D eigenvalue weighted by atomic mass is 10.1. The predicted octanol–water partition coefficient (Wildman–Crippen LogP) is 4.79. The normalized spacial score (nSPS) is 10.2. The van der Waals surface area contributed by atoms with Crippen LogP contribution in [0.3, 0.4) is 0 Å². The number of hydrogen-bond donors (Lipinski definition) is 4. The van der Waals surface area contributed by atoms with Crippen LogP contribution in [0.15, 0.2) is 97.3 Å². The summed E-state index contributed by atoms with van der Waals surface area (Å²) >= 11 is 0. The van der Waals surface area contributed by atoms with Gasteiger partial charge in [0, 0.05) is 23.8 Å². The Morgan fingerprint density at radius 1 is 0.559 bits per heavy atom. The molecule has 170 valence electrons. The van der Waals surface area contributed by atoms with Gasteiger partial charge in [-0.05, 0) is 59.7 Å². The van der Waals surface area contributed by atoms with Crippen molar-refractivity contribution >= 4 is 23.4 Å². The molecule has 0 spiro atoms. The molecule has 0 saturated heterocycles. The van der Waals surface area contributed by atoms with Crippen molar-refractivity contribution < 1.29 is 9.59 Å². The lowest BCUT2D eigenvalue weighted by molar-refractivity contribution is 0.251. The summed E-state index contributed by atoms with van der Waals surface area (Å²) < 4.78 is 0. The molecule has 2 aromatic carbocycles. The Kier molecular flexibility index (Phi) is 7.43. The summed E-state index contributed by atoms with van der Waals surface area (Å²) in [6.07, 6.45) is 3.38. The summed E-state index contributed by atoms with van der Waals surface area (Å²) in [5, 5.41) is 11.2. The van der Waals surface area contributed by atoms with Gasteiger partial charge in [0.05, 0.1) is 24.5 Å². The fourth-order valence-corrected chi connectivity index (χ4v) is 3.19. The number of nitrogens with zero attached hydrogens (tertiary/aromatic N) is 2. The van der Waals surface area contributed by atoms with Crippen LogP contribution in [-0.2, 0) is 13.1 Å². The number of urea groups is 2. The van der Waals surface area contributed by atoms with Gasteiger partial charge in [-0.1, -0.05) is 36.4 Å². The van der Waals surface area contributed by atoms with E-state index in [2.05, 4.69) is 31.2 Å². The van der Waals surface area contributed by atoms with E-state index in [-0.39, 0.29) is 12.1 Å². The first-order valence-electron chi connectivity index (χ1n) is 10.8. The maximum atomic E-state index is 12.1. The molecule has 0 aliphatic rings. The number of anilines is 2. The maximum Gasteiger partial charge on any atom is 0.319 e. The molecule has 0 unspecified atom stereocenters. The molecular weight excluding hydrogens is 428 g/mol. The van der Waals surface area contributed by atoms with Gasteiger partial charge in [-0.15, -0.1) is 0 Å². The number of rotatable bonds is 7. The van der Waals surface area contributed by atoms with Crippen molar-refractivity contribution in [3.05, 3.63) is 109 Å². The minimum Gasteiger partial charge on any atom is -0.332 e. The van der Waals surface area contributed by atoms with Crippen LogP contribution < -0.4 is 21.3 Å². The first-order chi connectivity index (χ1) is 16.7. The van der Waals surface area contributed by atoms with Crippen LogP contribution in [0, 0.1) is 0 Å². The van der Waals surface area contributed by atoms with E-state index >= 15 is 0 Å². The number of amides is 4. The van der Waals surface area contributed by atoms with Gasteiger partial charge in [-0.25, -0.2) is 9.59 Å². The molecule has 4 N–H and O–H groups in total. The van der Waals surface area contributed by atoms with Crippen LogP contribution in [0.4, 0.5) is 21.0 Å². The zero-order chi connectivity index (χ0) is 23.6. The first-order valence-corrected chi connectivity index (χ1v) is 10.8. The van der Waals surface area contributed by atoms with Crippen molar-refractivity contribution in [3.63, 3.8) is 0 Å². The van der Waals surface area contributed by atoms with Gasteiger partial charge in [-0.3, -0.25) is 9.97 Å². The highest BCUT2D eigenvalue weighted by molar-refractivity contribution is 5.90. The van der Waals surface area contributed by atoms with Crippen LogP contribution in [0.25, 0.3) is 11.1 Å². The Morgan fingerprint density at radius 3 is 1.32 bits per heavy atom. The Morgan fingerprint density at radius 2 is 0.971 bits per heavy atom.